The monoisotopic (exact) mass is 449 g/mol. The zero-order valence-electron chi connectivity index (χ0n) is 19.1. The summed E-state index contributed by atoms with van der Waals surface area (Å²) in [4.78, 5) is 30.7. The van der Waals surface area contributed by atoms with Crippen LogP contribution in [0.1, 0.15) is 41.6 Å². The second-order valence-corrected chi connectivity index (χ2v) is 9.22. The number of carbonyl (C=O) groups is 1. The average Bonchev–Trinajstić information content (AvgIpc) is 3.59. The molecule has 1 saturated carbocycles. The summed E-state index contributed by atoms with van der Waals surface area (Å²) in [5.74, 6) is 1.11. The van der Waals surface area contributed by atoms with Gasteiger partial charge in [-0.05, 0) is 72.7 Å². The van der Waals surface area contributed by atoms with Crippen LogP contribution in [0.2, 0.25) is 0 Å². The van der Waals surface area contributed by atoms with Crippen LogP contribution in [0.25, 0.3) is 22.0 Å². The van der Waals surface area contributed by atoms with Gasteiger partial charge in [0, 0.05) is 49.0 Å². The van der Waals surface area contributed by atoms with E-state index in [0.29, 0.717) is 18.2 Å². The third-order valence-electron chi connectivity index (χ3n) is 6.81. The van der Waals surface area contributed by atoms with Crippen LogP contribution in [0.3, 0.4) is 0 Å². The number of nitrogens with zero attached hydrogens (tertiary/aromatic N) is 5. The molecule has 1 amide bonds. The van der Waals surface area contributed by atoms with E-state index in [1.165, 1.54) is 12.8 Å². The summed E-state index contributed by atoms with van der Waals surface area (Å²) in [6, 6.07) is 18.9. The molecule has 1 saturated heterocycles. The molecule has 4 aromatic rings. The van der Waals surface area contributed by atoms with Gasteiger partial charge in [0.05, 0.1) is 5.52 Å². The molecule has 0 radical (unpaired) electrons. The van der Waals surface area contributed by atoms with E-state index in [2.05, 4.69) is 62.3 Å². The Kier molecular flexibility index (Phi) is 5.41. The summed E-state index contributed by atoms with van der Waals surface area (Å²) in [7, 11) is 0. The first kappa shape index (κ1) is 20.8. The van der Waals surface area contributed by atoms with Crippen molar-refractivity contribution in [2.45, 2.75) is 38.3 Å². The van der Waals surface area contributed by atoms with Crippen LogP contribution in [-0.4, -0.2) is 44.9 Å². The SMILES string of the molecule is O=C(c1ccncc1)N(Cc1cccc(-c2ccc3ncnc(N4CCCC4)c3c2)c1)C1CC1. The number of hydrogen-bond donors (Lipinski definition) is 0. The second-order valence-electron chi connectivity index (χ2n) is 9.22. The number of rotatable bonds is 6. The molecule has 0 N–H and O–H groups in total. The molecule has 3 heterocycles. The number of anilines is 1. The summed E-state index contributed by atoms with van der Waals surface area (Å²) < 4.78 is 0. The molecule has 0 bridgehead atoms. The highest BCUT2D eigenvalue weighted by molar-refractivity contribution is 5.95. The second kappa shape index (κ2) is 8.86. The van der Waals surface area contributed by atoms with Crippen molar-refractivity contribution in [3.8, 4) is 11.1 Å². The Morgan fingerprint density at radius 1 is 0.941 bits per heavy atom. The lowest BCUT2D eigenvalue weighted by atomic mass is 10.0. The minimum absolute atomic E-state index is 0.0772. The number of fused-ring (bicyclic) bond motifs is 1. The van der Waals surface area contributed by atoms with E-state index in [9.17, 15) is 4.79 Å². The average molecular weight is 450 g/mol. The van der Waals surface area contributed by atoms with Crippen molar-refractivity contribution in [2.75, 3.05) is 18.0 Å². The molecule has 170 valence electrons. The molecule has 0 spiro atoms. The van der Waals surface area contributed by atoms with Gasteiger partial charge in [-0.25, -0.2) is 9.97 Å². The summed E-state index contributed by atoms with van der Waals surface area (Å²) in [6.45, 7) is 2.71. The van der Waals surface area contributed by atoms with Crippen molar-refractivity contribution in [3.05, 3.63) is 84.4 Å². The molecular weight excluding hydrogens is 422 g/mol. The molecule has 6 nitrogen and oxygen atoms in total. The lowest BCUT2D eigenvalue weighted by molar-refractivity contribution is 0.0730. The van der Waals surface area contributed by atoms with E-state index in [1.54, 1.807) is 30.9 Å². The third-order valence-corrected chi connectivity index (χ3v) is 6.81. The smallest absolute Gasteiger partial charge is 0.254 e. The highest BCUT2D eigenvalue weighted by Gasteiger charge is 2.33. The number of pyridine rings is 1. The van der Waals surface area contributed by atoms with Gasteiger partial charge in [0.2, 0.25) is 0 Å². The van der Waals surface area contributed by atoms with Gasteiger partial charge in [-0.3, -0.25) is 9.78 Å². The molecule has 2 aromatic carbocycles. The van der Waals surface area contributed by atoms with Crippen molar-refractivity contribution >= 4 is 22.6 Å². The molecule has 1 aliphatic heterocycles. The van der Waals surface area contributed by atoms with Gasteiger partial charge in [-0.1, -0.05) is 24.3 Å². The first-order valence-corrected chi connectivity index (χ1v) is 12.1. The maximum atomic E-state index is 13.2. The summed E-state index contributed by atoms with van der Waals surface area (Å²) in [5.41, 5.74) is 5.09. The first-order valence-electron chi connectivity index (χ1n) is 12.1. The van der Waals surface area contributed by atoms with E-state index in [-0.39, 0.29) is 5.91 Å². The van der Waals surface area contributed by atoms with Gasteiger partial charge in [0.1, 0.15) is 12.1 Å². The standard InChI is InChI=1S/C28H27N5O/c34-28(21-10-12-29-13-11-21)33(24-7-8-24)18-20-4-3-5-22(16-20)23-6-9-26-25(17-23)27(31-19-30-26)32-14-1-2-15-32/h3-6,9-13,16-17,19,24H,1-2,7-8,14-15,18H2. The van der Waals surface area contributed by atoms with Gasteiger partial charge in [0.15, 0.2) is 0 Å². The fourth-order valence-corrected chi connectivity index (χ4v) is 4.86. The minimum atomic E-state index is 0.0772. The maximum absolute atomic E-state index is 13.2. The van der Waals surface area contributed by atoms with Crippen LogP contribution in [0.5, 0.6) is 0 Å². The fourth-order valence-electron chi connectivity index (χ4n) is 4.86. The first-order chi connectivity index (χ1) is 16.8. The predicted octanol–water partition coefficient (Wildman–Crippen LogP) is 5.10. The van der Waals surface area contributed by atoms with Gasteiger partial charge in [-0.15, -0.1) is 0 Å². The van der Waals surface area contributed by atoms with Gasteiger partial charge < -0.3 is 9.80 Å². The lowest BCUT2D eigenvalue weighted by Crippen LogP contribution is -2.32. The van der Waals surface area contributed by atoms with Gasteiger partial charge in [0.25, 0.3) is 5.91 Å². The Morgan fingerprint density at radius 2 is 1.74 bits per heavy atom. The van der Waals surface area contributed by atoms with Crippen LogP contribution in [0, 0.1) is 0 Å². The predicted molar refractivity (Wildman–Crippen MR) is 134 cm³/mol. The molecule has 2 fully saturated rings. The van der Waals surface area contributed by atoms with E-state index < -0.39 is 0 Å². The normalized spacial score (nSPS) is 15.6. The highest BCUT2D eigenvalue weighted by Crippen LogP contribution is 2.32. The molecular formula is C28H27N5O. The van der Waals surface area contributed by atoms with Gasteiger partial charge >= 0.3 is 0 Å². The molecule has 6 rings (SSSR count). The number of carbonyl (C=O) groups excluding carboxylic acids is 1. The van der Waals surface area contributed by atoms with Crippen LogP contribution in [-0.2, 0) is 6.54 Å². The number of aromatic nitrogens is 3. The third kappa shape index (κ3) is 4.12. The van der Waals surface area contributed by atoms with Crippen LogP contribution in [0.15, 0.2) is 73.3 Å². The Balaban J connectivity index is 1.31. The van der Waals surface area contributed by atoms with Crippen LogP contribution >= 0.6 is 0 Å². The van der Waals surface area contributed by atoms with Crippen molar-refractivity contribution in [3.63, 3.8) is 0 Å². The van der Waals surface area contributed by atoms with Gasteiger partial charge in [-0.2, -0.15) is 0 Å². The molecule has 34 heavy (non-hydrogen) atoms. The van der Waals surface area contributed by atoms with E-state index in [4.69, 9.17) is 0 Å². The minimum Gasteiger partial charge on any atom is -0.356 e. The molecule has 2 aliphatic rings. The quantitative estimate of drug-likeness (QED) is 0.410. The fraction of sp³-hybridized carbons (Fsp3) is 0.286. The molecule has 6 heteroatoms. The number of amides is 1. The van der Waals surface area contributed by atoms with Crippen molar-refractivity contribution < 1.29 is 4.79 Å². The Labute approximate surface area is 199 Å². The van der Waals surface area contributed by atoms with Crippen molar-refractivity contribution in [1.29, 1.82) is 0 Å². The maximum Gasteiger partial charge on any atom is 0.254 e. The Bertz CT molecular complexity index is 1330. The van der Waals surface area contributed by atoms with Crippen molar-refractivity contribution in [2.24, 2.45) is 0 Å². The van der Waals surface area contributed by atoms with E-state index >= 15 is 0 Å². The van der Waals surface area contributed by atoms with Crippen LogP contribution < -0.4 is 4.90 Å². The molecule has 0 unspecified atom stereocenters. The summed E-state index contributed by atoms with van der Waals surface area (Å²) in [6.07, 6.45) is 9.59. The van der Waals surface area contributed by atoms with Crippen LogP contribution in [0.4, 0.5) is 5.82 Å². The number of benzene rings is 2. The van der Waals surface area contributed by atoms with Crippen molar-refractivity contribution in [1.82, 2.24) is 19.9 Å². The molecule has 0 atom stereocenters. The lowest BCUT2D eigenvalue weighted by Gasteiger charge is -2.23. The molecule has 2 aromatic heterocycles. The summed E-state index contributed by atoms with van der Waals surface area (Å²) in [5, 5.41) is 1.10. The summed E-state index contributed by atoms with van der Waals surface area (Å²) >= 11 is 0. The van der Waals surface area contributed by atoms with E-state index in [0.717, 1.165) is 59.3 Å². The largest absolute Gasteiger partial charge is 0.356 e. The zero-order chi connectivity index (χ0) is 22.9. The highest BCUT2D eigenvalue weighted by atomic mass is 16.2. The molecule has 1 aliphatic carbocycles. The topological polar surface area (TPSA) is 62.2 Å². The number of hydrogen-bond acceptors (Lipinski definition) is 5. The Morgan fingerprint density at radius 3 is 2.53 bits per heavy atom. The van der Waals surface area contributed by atoms with E-state index in [1.807, 2.05) is 4.90 Å². The zero-order valence-corrected chi connectivity index (χ0v) is 19.1. The Hall–Kier alpha value is -3.80.